The van der Waals surface area contributed by atoms with Gasteiger partial charge in [-0.1, -0.05) is 19.8 Å². The van der Waals surface area contributed by atoms with Gasteiger partial charge in [-0.05, 0) is 31.4 Å². The van der Waals surface area contributed by atoms with Gasteiger partial charge in [0.1, 0.15) is 5.82 Å². The van der Waals surface area contributed by atoms with E-state index < -0.39 is 0 Å². The summed E-state index contributed by atoms with van der Waals surface area (Å²) < 4.78 is 0. The maximum absolute atomic E-state index is 12.4. The van der Waals surface area contributed by atoms with Crippen molar-refractivity contribution in [3.63, 3.8) is 0 Å². The highest BCUT2D eigenvalue weighted by molar-refractivity contribution is 5.95. The highest BCUT2D eigenvalue weighted by atomic mass is 35.5. The summed E-state index contributed by atoms with van der Waals surface area (Å²) in [6.45, 7) is 2.10. The molecule has 1 amide bonds. The zero-order chi connectivity index (χ0) is 13.0. The van der Waals surface area contributed by atoms with E-state index in [0.717, 1.165) is 43.6 Å². The maximum Gasteiger partial charge on any atom is 0.230 e. The minimum absolute atomic E-state index is 0. The molecule has 4 nitrogen and oxygen atoms in total. The molecule has 1 saturated carbocycles. The van der Waals surface area contributed by atoms with Gasteiger partial charge in [-0.3, -0.25) is 4.79 Å². The van der Waals surface area contributed by atoms with Crippen molar-refractivity contribution in [2.75, 3.05) is 17.7 Å². The summed E-state index contributed by atoms with van der Waals surface area (Å²) in [5, 5.41) is 5.96. The molecule has 2 N–H and O–H groups in total. The van der Waals surface area contributed by atoms with Crippen LogP contribution in [0.4, 0.5) is 11.5 Å². The van der Waals surface area contributed by atoms with E-state index in [-0.39, 0.29) is 23.7 Å². The molecule has 0 aliphatic heterocycles. The summed E-state index contributed by atoms with van der Waals surface area (Å²) in [4.78, 5) is 16.6. The number of carbonyl (C=O) groups excluding carboxylic acids is 1. The second-order valence-corrected chi connectivity index (χ2v) is 4.98. The molecule has 0 spiro atoms. The van der Waals surface area contributed by atoms with Crippen molar-refractivity contribution >= 4 is 29.8 Å². The van der Waals surface area contributed by atoms with Crippen molar-refractivity contribution in [2.45, 2.75) is 39.0 Å². The first kappa shape index (κ1) is 15.8. The molecule has 5 heteroatoms. The predicted octanol–water partition coefficient (Wildman–Crippen LogP) is 3.45. The SMILES string of the molecule is CCC1(C(=O)Nc2ccc(NC)nc2)CCCC1.Cl. The minimum Gasteiger partial charge on any atom is -0.373 e. The van der Waals surface area contributed by atoms with E-state index in [1.807, 2.05) is 19.2 Å². The Morgan fingerprint density at radius 2 is 2.05 bits per heavy atom. The quantitative estimate of drug-likeness (QED) is 0.890. The fraction of sp³-hybridized carbons (Fsp3) is 0.571. The Morgan fingerprint density at radius 1 is 1.37 bits per heavy atom. The standard InChI is InChI=1S/C14H21N3O.ClH/c1-3-14(8-4-5-9-14)13(18)17-11-6-7-12(15-2)16-10-11;/h6-7,10H,3-5,8-9H2,1-2H3,(H,15,16)(H,17,18);1H. The molecule has 0 bridgehead atoms. The topological polar surface area (TPSA) is 54.0 Å². The summed E-state index contributed by atoms with van der Waals surface area (Å²) >= 11 is 0. The smallest absolute Gasteiger partial charge is 0.230 e. The van der Waals surface area contributed by atoms with Gasteiger partial charge >= 0.3 is 0 Å². The normalized spacial score (nSPS) is 16.5. The van der Waals surface area contributed by atoms with Gasteiger partial charge in [-0.2, -0.15) is 0 Å². The molecule has 0 unspecified atom stereocenters. The lowest BCUT2D eigenvalue weighted by molar-refractivity contribution is -0.125. The van der Waals surface area contributed by atoms with Crippen LogP contribution in [0.15, 0.2) is 18.3 Å². The van der Waals surface area contributed by atoms with Gasteiger partial charge in [-0.15, -0.1) is 12.4 Å². The van der Waals surface area contributed by atoms with Crippen LogP contribution in [-0.2, 0) is 4.79 Å². The number of anilines is 2. The highest BCUT2D eigenvalue weighted by Gasteiger charge is 2.39. The van der Waals surface area contributed by atoms with Crippen molar-refractivity contribution < 1.29 is 4.79 Å². The molecule has 1 aliphatic carbocycles. The van der Waals surface area contributed by atoms with Crippen LogP contribution in [0.3, 0.4) is 0 Å². The maximum atomic E-state index is 12.4. The summed E-state index contributed by atoms with van der Waals surface area (Å²) in [6, 6.07) is 3.75. The van der Waals surface area contributed by atoms with Crippen molar-refractivity contribution in [1.82, 2.24) is 4.98 Å². The van der Waals surface area contributed by atoms with Crippen LogP contribution in [-0.4, -0.2) is 17.9 Å². The fourth-order valence-electron chi connectivity index (χ4n) is 2.67. The van der Waals surface area contributed by atoms with Crippen molar-refractivity contribution in [3.05, 3.63) is 18.3 Å². The Hall–Kier alpha value is -1.29. The first-order chi connectivity index (χ1) is 8.70. The fourth-order valence-corrected chi connectivity index (χ4v) is 2.67. The Labute approximate surface area is 120 Å². The Morgan fingerprint density at radius 3 is 2.53 bits per heavy atom. The average molecular weight is 284 g/mol. The lowest BCUT2D eigenvalue weighted by Gasteiger charge is -2.25. The molecule has 2 rings (SSSR count). The van der Waals surface area contributed by atoms with Crippen LogP contribution in [0.1, 0.15) is 39.0 Å². The number of nitrogens with one attached hydrogen (secondary N) is 2. The largest absolute Gasteiger partial charge is 0.373 e. The summed E-state index contributed by atoms with van der Waals surface area (Å²) in [5.74, 6) is 0.959. The van der Waals surface area contributed by atoms with E-state index in [0.29, 0.717) is 0 Å². The lowest BCUT2D eigenvalue weighted by Crippen LogP contribution is -2.33. The van der Waals surface area contributed by atoms with Crippen LogP contribution in [0.5, 0.6) is 0 Å². The van der Waals surface area contributed by atoms with Gasteiger partial charge in [-0.25, -0.2) is 4.98 Å². The molecular weight excluding hydrogens is 262 g/mol. The number of hydrogen-bond donors (Lipinski definition) is 2. The predicted molar refractivity (Wildman–Crippen MR) is 80.9 cm³/mol. The number of nitrogens with zero attached hydrogens (tertiary/aromatic N) is 1. The molecule has 1 aromatic rings. The van der Waals surface area contributed by atoms with Gasteiger partial charge < -0.3 is 10.6 Å². The van der Waals surface area contributed by atoms with E-state index in [1.54, 1.807) is 6.20 Å². The second-order valence-electron chi connectivity index (χ2n) is 4.98. The number of pyridine rings is 1. The minimum atomic E-state index is -0.151. The van der Waals surface area contributed by atoms with Gasteiger partial charge in [0, 0.05) is 12.5 Å². The summed E-state index contributed by atoms with van der Waals surface area (Å²) in [6.07, 6.45) is 6.97. The molecule has 0 radical (unpaired) electrons. The van der Waals surface area contributed by atoms with E-state index in [2.05, 4.69) is 22.5 Å². The molecular formula is C14H22ClN3O. The van der Waals surface area contributed by atoms with Crippen LogP contribution < -0.4 is 10.6 Å². The number of amides is 1. The highest BCUT2D eigenvalue weighted by Crippen LogP contribution is 2.41. The first-order valence-electron chi connectivity index (χ1n) is 6.65. The van der Waals surface area contributed by atoms with Gasteiger partial charge in [0.15, 0.2) is 0 Å². The van der Waals surface area contributed by atoms with E-state index in [1.165, 1.54) is 0 Å². The molecule has 0 saturated heterocycles. The monoisotopic (exact) mass is 283 g/mol. The zero-order valence-corrected chi connectivity index (χ0v) is 12.3. The average Bonchev–Trinajstić information content (AvgIpc) is 2.89. The Balaban J connectivity index is 0.00000180. The number of rotatable bonds is 4. The van der Waals surface area contributed by atoms with Gasteiger partial charge in [0.25, 0.3) is 0 Å². The first-order valence-corrected chi connectivity index (χ1v) is 6.65. The van der Waals surface area contributed by atoms with E-state index >= 15 is 0 Å². The molecule has 0 atom stereocenters. The van der Waals surface area contributed by atoms with E-state index in [9.17, 15) is 4.79 Å². The number of carbonyl (C=O) groups is 1. The molecule has 0 aromatic carbocycles. The van der Waals surface area contributed by atoms with Crippen molar-refractivity contribution in [3.8, 4) is 0 Å². The summed E-state index contributed by atoms with van der Waals surface area (Å²) in [5.41, 5.74) is 0.625. The molecule has 1 aliphatic rings. The zero-order valence-electron chi connectivity index (χ0n) is 11.5. The molecule has 1 aromatic heterocycles. The summed E-state index contributed by atoms with van der Waals surface area (Å²) in [7, 11) is 1.82. The third-order valence-corrected chi connectivity index (χ3v) is 4.00. The van der Waals surface area contributed by atoms with E-state index in [4.69, 9.17) is 0 Å². The Kier molecular flexibility index (Phi) is 5.60. The van der Waals surface area contributed by atoms with Crippen LogP contribution in [0.25, 0.3) is 0 Å². The molecule has 1 heterocycles. The van der Waals surface area contributed by atoms with Crippen LogP contribution in [0, 0.1) is 5.41 Å². The molecule has 19 heavy (non-hydrogen) atoms. The van der Waals surface area contributed by atoms with Crippen molar-refractivity contribution in [2.24, 2.45) is 5.41 Å². The molecule has 106 valence electrons. The molecule has 1 fully saturated rings. The number of halogens is 1. The third kappa shape index (κ3) is 3.38. The van der Waals surface area contributed by atoms with Gasteiger partial charge in [0.2, 0.25) is 5.91 Å². The second kappa shape index (κ2) is 6.75. The van der Waals surface area contributed by atoms with Gasteiger partial charge in [0.05, 0.1) is 11.9 Å². The van der Waals surface area contributed by atoms with Crippen LogP contribution >= 0.6 is 12.4 Å². The third-order valence-electron chi connectivity index (χ3n) is 4.00. The lowest BCUT2D eigenvalue weighted by atomic mass is 9.82. The van der Waals surface area contributed by atoms with Crippen LogP contribution in [0.2, 0.25) is 0 Å². The Bertz CT molecular complexity index is 413. The number of aromatic nitrogens is 1. The number of hydrogen-bond acceptors (Lipinski definition) is 3. The van der Waals surface area contributed by atoms with Crippen molar-refractivity contribution in [1.29, 1.82) is 0 Å².